The molecular formula is C23H32N2O. The van der Waals surface area contributed by atoms with Gasteiger partial charge in [0.2, 0.25) is 0 Å². The molecule has 26 heavy (non-hydrogen) atoms. The number of hydrogen-bond acceptors (Lipinski definition) is 1. The number of carbonyl (C=O) groups excluding carboxylic acids is 1. The highest BCUT2D eigenvalue weighted by molar-refractivity contribution is 5.91. The van der Waals surface area contributed by atoms with Crippen LogP contribution in [0.3, 0.4) is 0 Å². The van der Waals surface area contributed by atoms with Gasteiger partial charge in [0, 0.05) is 12.2 Å². The zero-order valence-electron chi connectivity index (χ0n) is 16.9. The normalized spacial score (nSPS) is 11.1. The first-order chi connectivity index (χ1) is 12.3. The lowest BCUT2D eigenvalue weighted by Gasteiger charge is -2.20. The largest absolute Gasteiger partial charge is 0.338 e. The van der Waals surface area contributed by atoms with Gasteiger partial charge in [-0.15, -0.1) is 0 Å². The number of carbonyl (C=O) groups is 1. The molecule has 2 rings (SSSR count). The molecule has 2 amide bonds. The molecule has 0 aromatic heterocycles. The maximum atomic E-state index is 12.5. The molecule has 0 radical (unpaired) electrons. The van der Waals surface area contributed by atoms with E-state index in [-0.39, 0.29) is 6.03 Å². The summed E-state index contributed by atoms with van der Waals surface area (Å²) in [6.07, 6.45) is 0.836. The summed E-state index contributed by atoms with van der Waals surface area (Å²) in [5.74, 6) is 0.721. The van der Waals surface area contributed by atoms with Crippen LogP contribution in [0.1, 0.15) is 67.3 Å². The molecule has 0 aliphatic carbocycles. The van der Waals surface area contributed by atoms with Crippen molar-refractivity contribution in [3.63, 3.8) is 0 Å². The third kappa shape index (κ3) is 5.10. The Bertz CT molecular complexity index is 737. The molecule has 0 aliphatic heterocycles. The number of urea groups is 1. The lowest BCUT2D eigenvalue weighted by atomic mass is 9.93. The molecule has 3 nitrogen and oxygen atoms in total. The first-order valence-corrected chi connectivity index (χ1v) is 9.53. The summed E-state index contributed by atoms with van der Waals surface area (Å²) < 4.78 is 0. The lowest BCUT2D eigenvalue weighted by Crippen LogP contribution is -2.31. The fourth-order valence-electron chi connectivity index (χ4n) is 3.29. The predicted octanol–water partition coefficient (Wildman–Crippen LogP) is 5.91. The van der Waals surface area contributed by atoms with Gasteiger partial charge in [-0.3, -0.25) is 0 Å². The molecule has 0 saturated heterocycles. The quantitative estimate of drug-likeness (QED) is 0.666. The molecule has 0 atom stereocenters. The van der Waals surface area contributed by atoms with E-state index in [0.29, 0.717) is 18.4 Å². The summed E-state index contributed by atoms with van der Waals surface area (Å²) in [5.41, 5.74) is 7.15. The highest BCUT2D eigenvalue weighted by Gasteiger charge is 2.15. The van der Waals surface area contributed by atoms with Crippen LogP contribution in [0, 0.1) is 13.8 Å². The van der Waals surface area contributed by atoms with E-state index in [1.54, 1.807) is 0 Å². The zero-order chi connectivity index (χ0) is 19.3. The molecule has 3 heteroatoms. The Hall–Kier alpha value is -2.29. The average molecular weight is 353 g/mol. The predicted molar refractivity (Wildman–Crippen MR) is 111 cm³/mol. The number of amides is 2. The smallest absolute Gasteiger partial charge is 0.319 e. The molecule has 0 bridgehead atoms. The Kier molecular flexibility index (Phi) is 6.84. The second-order valence-electron chi connectivity index (χ2n) is 7.68. The Labute approximate surface area is 158 Å². The fraction of sp³-hybridized carbons (Fsp3) is 0.435. The van der Waals surface area contributed by atoms with Gasteiger partial charge in [-0.05, 0) is 54.4 Å². The van der Waals surface area contributed by atoms with Crippen molar-refractivity contribution in [2.45, 2.75) is 59.8 Å². The topological polar surface area (TPSA) is 41.1 Å². The molecule has 0 heterocycles. The SMILES string of the molecule is Cc1ccc(CCNC(=O)Nc2c(C(C)C)cccc2C(C)C)c(C)c1. The summed E-state index contributed by atoms with van der Waals surface area (Å²) in [6, 6.07) is 12.6. The van der Waals surface area contributed by atoms with Gasteiger partial charge in [0.1, 0.15) is 0 Å². The van der Waals surface area contributed by atoms with E-state index in [9.17, 15) is 4.79 Å². The van der Waals surface area contributed by atoms with Crippen LogP contribution < -0.4 is 10.6 Å². The summed E-state index contributed by atoms with van der Waals surface area (Å²) in [4.78, 5) is 12.5. The van der Waals surface area contributed by atoms with Crippen LogP contribution in [0.2, 0.25) is 0 Å². The Balaban J connectivity index is 2.03. The minimum atomic E-state index is -0.134. The molecule has 2 aromatic carbocycles. The highest BCUT2D eigenvalue weighted by atomic mass is 16.2. The second-order valence-corrected chi connectivity index (χ2v) is 7.68. The number of nitrogens with one attached hydrogen (secondary N) is 2. The van der Waals surface area contributed by atoms with Crippen LogP contribution in [0.25, 0.3) is 0 Å². The van der Waals surface area contributed by atoms with Crippen LogP contribution in [0.4, 0.5) is 10.5 Å². The van der Waals surface area contributed by atoms with Crippen LogP contribution in [0.5, 0.6) is 0 Å². The molecule has 2 aromatic rings. The molecule has 2 N–H and O–H groups in total. The number of aryl methyl sites for hydroxylation is 2. The van der Waals surface area contributed by atoms with Gasteiger partial charge in [0.05, 0.1) is 0 Å². The van der Waals surface area contributed by atoms with Crippen molar-refractivity contribution < 1.29 is 4.79 Å². The van der Waals surface area contributed by atoms with Crippen molar-refractivity contribution in [1.82, 2.24) is 5.32 Å². The van der Waals surface area contributed by atoms with Gasteiger partial charge in [0.15, 0.2) is 0 Å². The maximum absolute atomic E-state index is 12.5. The van der Waals surface area contributed by atoms with E-state index in [1.165, 1.54) is 27.8 Å². The van der Waals surface area contributed by atoms with Gasteiger partial charge >= 0.3 is 6.03 Å². The fourth-order valence-corrected chi connectivity index (χ4v) is 3.29. The molecule has 0 saturated carbocycles. The van der Waals surface area contributed by atoms with E-state index < -0.39 is 0 Å². The Morgan fingerprint density at radius 3 is 2.12 bits per heavy atom. The minimum Gasteiger partial charge on any atom is -0.338 e. The van der Waals surface area contributed by atoms with E-state index in [0.717, 1.165) is 12.1 Å². The van der Waals surface area contributed by atoms with E-state index in [4.69, 9.17) is 0 Å². The van der Waals surface area contributed by atoms with Gasteiger partial charge in [0.25, 0.3) is 0 Å². The van der Waals surface area contributed by atoms with Gasteiger partial charge < -0.3 is 10.6 Å². The van der Waals surface area contributed by atoms with Crippen LogP contribution >= 0.6 is 0 Å². The van der Waals surface area contributed by atoms with Gasteiger partial charge in [-0.25, -0.2) is 4.79 Å². The van der Waals surface area contributed by atoms with E-state index in [2.05, 4.69) is 88.6 Å². The third-order valence-corrected chi connectivity index (χ3v) is 4.79. The van der Waals surface area contributed by atoms with E-state index in [1.807, 2.05) is 0 Å². The van der Waals surface area contributed by atoms with Crippen molar-refractivity contribution in [2.24, 2.45) is 0 Å². The molecule has 0 spiro atoms. The lowest BCUT2D eigenvalue weighted by molar-refractivity contribution is 0.252. The average Bonchev–Trinajstić information content (AvgIpc) is 2.56. The van der Waals surface area contributed by atoms with Crippen molar-refractivity contribution in [3.8, 4) is 0 Å². The summed E-state index contributed by atoms with van der Waals surface area (Å²) in [5, 5.41) is 6.11. The zero-order valence-corrected chi connectivity index (χ0v) is 16.9. The van der Waals surface area contributed by atoms with Gasteiger partial charge in [-0.2, -0.15) is 0 Å². The van der Waals surface area contributed by atoms with Crippen LogP contribution in [-0.2, 0) is 6.42 Å². The Morgan fingerprint density at radius 2 is 1.58 bits per heavy atom. The number of para-hydroxylation sites is 1. The standard InChI is InChI=1S/C23H32N2O/c1-15(2)20-8-7-9-21(16(3)4)22(20)25-23(26)24-13-12-19-11-10-17(5)14-18(19)6/h7-11,14-16H,12-13H2,1-6H3,(H2,24,25,26). The molecule has 140 valence electrons. The maximum Gasteiger partial charge on any atom is 0.319 e. The number of benzene rings is 2. The Morgan fingerprint density at radius 1 is 0.962 bits per heavy atom. The summed E-state index contributed by atoms with van der Waals surface area (Å²) in [6.45, 7) is 13.5. The van der Waals surface area contributed by atoms with Crippen molar-refractivity contribution >= 4 is 11.7 Å². The first-order valence-electron chi connectivity index (χ1n) is 9.53. The third-order valence-electron chi connectivity index (χ3n) is 4.79. The van der Waals surface area contributed by atoms with Crippen LogP contribution in [0.15, 0.2) is 36.4 Å². The van der Waals surface area contributed by atoms with Crippen LogP contribution in [-0.4, -0.2) is 12.6 Å². The first kappa shape index (κ1) is 20.0. The number of hydrogen-bond donors (Lipinski definition) is 2. The van der Waals surface area contributed by atoms with Crippen molar-refractivity contribution in [2.75, 3.05) is 11.9 Å². The summed E-state index contributed by atoms with van der Waals surface area (Å²) >= 11 is 0. The monoisotopic (exact) mass is 352 g/mol. The number of rotatable bonds is 6. The molecule has 0 aliphatic rings. The minimum absolute atomic E-state index is 0.134. The van der Waals surface area contributed by atoms with Crippen molar-refractivity contribution in [1.29, 1.82) is 0 Å². The van der Waals surface area contributed by atoms with E-state index >= 15 is 0 Å². The molecule has 0 fully saturated rings. The number of anilines is 1. The summed E-state index contributed by atoms with van der Waals surface area (Å²) in [7, 11) is 0. The second kappa shape index (κ2) is 8.88. The highest BCUT2D eigenvalue weighted by Crippen LogP contribution is 2.32. The van der Waals surface area contributed by atoms with Gasteiger partial charge in [-0.1, -0.05) is 69.7 Å². The molecular weight excluding hydrogens is 320 g/mol. The molecule has 0 unspecified atom stereocenters. The van der Waals surface area contributed by atoms with Crippen molar-refractivity contribution in [3.05, 3.63) is 64.2 Å².